The van der Waals surface area contributed by atoms with E-state index in [-0.39, 0.29) is 0 Å². The molecule has 0 spiro atoms. The summed E-state index contributed by atoms with van der Waals surface area (Å²) in [6.45, 7) is 4.35. The summed E-state index contributed by atoms with van der Waals surface area (Å²) in [5.74, 6) is 0. The van der Waals surface area contributed by atoms with Gasteiger partial charge in [-0.05, 0) is 32.6 Å². The zero-order valence-electron chi connectivity index (χ0n) is 8.25. The van der Waals surface area contributed by atoms with Gasteiger partial charge in [-0.1, -0.05) is 13.3 Å². The van der Waals surface area contributed by atoms with E-state index in [0.717, 1.165) is 19.3 Å². The lowest BCUT2D eigenvalue weighted by Gasteiger charge is -2.17. The van der Waals surface area contributed by atoms with Gasteiger partial charge in [0.25, 0.3) is 0 Å². The SMILES string of the molecule is CCCC(C)OC1CCC(N)C1. The minimum atomic E-state index is 0.392. The van der Waals surface area contributed by atoms with Crippen LogP contribution in [-0.4, -0.2) is 18.2 Å². The maximum absolute atomic E-state index is 5.84. The topological polar surface area (TPSA) is 35.2 Å². The Balaban J connectivity index is 2.14. The molecule has 1 fully saturated rings. The van der Waals surface area contributed by atoms with Gasteiger partial charge in [-0.2, -0.15) is 0 Å². The average Bonchev–Trinajstić information content (AvgIpc) is 2.36. The summed E-state index contributed by atoms with van der Waals surface area (Å²) in [5.41, 5.74) is 5.79. The summed E-state index contributed by atoms with van der Waals surface area (Å²) in [5, 5.41) is 0. The molecule has 0 radical (unpaired) electrons. The molecule has 1 aliphatic carbocycles. The van der Waals surface area contributed by atoms with Crippen molar-refractivity contribution in [2.45, 2.75) is 64.2 Å². The molecule has 2 nitrogen and oxygen atoms in total. The van der Waals surface area contributed by atoms with E-state index < -0.39 is 0 Å². The molecule has 1 rings (SSSR count). The van der Waals surface area contributed by atoms with Crippen molar-refractivity contribution in [2.75, 3.05) is 0 Å². The monoisotopic (exact) mass is 171 g/mol. The number of hydrogen-bond donors (Lipinski definition) is 1. The highest BCUT2D eigenvalue weighted by Gasteiger charge is 2.23. The second-order valence-corrected chi connectivity index (χ2v) is 3.93. The Morgan fingerprint density at radius 3 is 2.75 bits per heavy atom. The molecule has 0 heterocycles. The van der Waals surface area contributed by atoms with Crippen LogP contribution in [0, 0.1) is 0 Å². The molecule has 1 aliphatic rings. The lowest BCUT2D eigenvalue weighted by Crippen LogP contribution is -2.20. The Labute approximate surface area is 75.5 Å². The average molecular weight is 171 g/mol. The van der Waals surface area contributed by atoms with Crippen molar-refractivity contribution in [2.24, 2.45) is 5.73 Å². The first kappa shape index (κ1) is 10.0. The third-order valence-corrected chi connectivity index (χ3v) is 2.55. The van der Waals surface area contributed by atoms with E-state index >= 15 is 0 Å². The predicted molar refractivity (Wildman–Crippen MR) is 51.1 cm³/mol. The second kappa shape index (κ2) is 4.83. The quantitative estimate of drug-likeness (QED) is 0.702. The number of rotatable bonds is 4. The minimum Gasteiger partial charge on any atom is -0.375 e. The Hall–Kier alpha value is -0.0800. The molecule has 0 amide bonds. The first-order valence-electron chi connectivity index (χ1n) is 5.13. The van der Waals surface area contributed by atoms with Crippen molar-refractivity contribution in [3.8, 4) is 0 Å². The Morgan fingerprint density at radius 2 is 2.25 bits per heavy atom. The number of nitrogens with two attached hydrogens (primary N) is 1. The van der Waals surface area contributed by atoms with Gasteiger partial charge in [-0.15, -0.1) is 0 Å². The molecule has 0 aromatic rings. The minimum absolute atomic E-state index is 0.392. The highest BCUT2D eigenvalue weighted by Crippen LogP contribution is 2.22. The van der Waals surface area contributed by atoms with Crippen molar-refractivity contribution in [1.29, 1.82) is 0 Å². The molecule has 0 saturated heterocycles. The molecule has 0 aromatic heterocycles. The van der Waals surface area contributed by atoms with Gasteiger partial charge in [-0.3, -0.25) is 0 Å². The van der Waals surface area contributed by atoms with E-state index in [1.807, 2.05) is 0 Å². The third kappa shape index (κ3) is 3.11. The third-order valence-electron chi connectivity index (χ3n) is 2.55. The first-order chi connectivity index (χ1) is 5.72. The Bertz CT molecular complexity index is 127. The molecule has 0 bridgehead atoms. The van der Waals surface area contributed by atoms with Crippen LogP contribution >= 0.6 is 0 Å². The maximum atomic E-state index is 5.84. The van der Waals surface area contributed by atoms with Crippen molar-refractivity contribution in [3.63, 3.8) is 0 Å². The predicted octanol–water partition coefficient (Wildman–Crippen LogP) is 2.07. The summed E-state index contributed by atoms with van der Waals surface area (Å²) >= 11 is 0. The normalized spacial score (nSPS) is 32.2. The summed E-state index contributed by atoms with van der Waals surface area (Å²) in [6, 6.07) is 0.392. The fourth-order valence-electron chi connectivity index (χ4n) is 1.90. The van der Waals surface area contributed by atoms with Gasteiger partial charge in [0.15, 0.2) is 0 Å². The van der Waals surface area contributed by atoms with Crippen LogP contribution < -0.4 is 5.73 Å². The molecule has 3 atom stereocenters. The van der Waals surface area contributed by atoms with Gasteiger partial charge in [-0.25, -0.2) is 0 Å². The number of hydrogen-bond acceptors (Lipinski definition) is 2. The Kier molecular flexibility index (Phi) is 4.02. The van der Waals surface area contributed by atoms with Crippen LogP contribution in [0.2, 0.25) is 0 Å². The largest absolute Gasteiger partial charge is 0.375 e. The fourth-order valence-corrected chi connectivity index (χ4v) is 1.90. The van der Waals surface area contributed by atoms with E-state index in [4.69, 9.17) is 10.5 Å². The van der Waals surface area contributed by atoms with Gasteiger partial charge in [0.05, 0.1) is 12.2 Å². The first-order valence-corrected chi connectivity index (χ1v) is 5.13. The van der Waals surface area contributed by atoms with Crippen LogP contribution in [-0.2, 0) is 4.74 Å². The highest BCUT2D eigenvalue weighted by molar-refractivity contribution is 4.78. The van der Waals surface area contributed by atoms with E-state index in [2.05, 4.69) is 13.8 Å². The molecule has 2 N–H and O–H groups in total. The lowest BCUT2D eigenvalue weighted by molar-refractivity contribution is -0.00263. The molecule has 3 unspecified atom stereocenters. The van der Waals surface area contributed by atoms with Gasteiger partial charge in [0.1, 0.15) is 0 Å². The second-order valence-electron chi connectivity index (χ2n) is 3.93. The molecule has 0 aliphatic heterocycles. The van der Waals surface area contributed by atoms with E-state index in [1.165, 1.54) is 12.8 Å². The van der Waals surface area contributed by atoms with Crippen LogP contribution in [0.1, 0.15) is 46.0 Å². The van der Waals surface area contributed by atoms with Crippen LogP contribution in [0.5, 0.6) is 0 Å². The zero-order chi connectivity index (χ0) is 8.97. The van der Waals surface area contributed by atoms with E-state index in [1.54, 1.807) is 0 Å². The molecule has 1 saturated carbocycles. The van der Waals surface area contributed by atoms with E-state index in [0.29, 0.717) is 18.2 Å². The summed E-state index contributed by atoms with van der Waals surface area (Å²) in [7, 11) is 0. The van der Waals surface area contributed by atoms with Gasteiger partial charge < -0.3 is 10.5 Å². The number of ether oxygens (including phenoxy) is 1. The molecule has 0 aromatic carbocycles. The van der Waals surface area contributed by atoms with Crippen molar-refractivity contribution in [3.05, 3.63) is 0 Å². The summed E-state index contributed by atoms with van der Waals surface area (Å²) < 4.78 is 5.84. The van der Waals surface area contributed by atoms with Crippen LogP contribution in [0.3, 0.4) is 0 Å². The van der Waals surface area contributed by atoms with Crippen LogP contribution in [0.4, 0.5) is 0 Å². The maximum Gasteiger partial charge on any atom is 0.0594 e. The Morgan fingerprint density at radius 1 is 1.50 bits per heavy atom. The van der Waals surface area contributed by atoms with Crippen molar-refractivity contribution < 1.29 is 4.74 Å². The molecule has 72 valence electrons. The fraction of sp³-hybridized carbons (Fsp3) is 1.00. The van der Waals surface area contributed by atoms with Gasteiger partial charge in [0, 0.05) is 6.04 Å². The molecular formula is C10H21NO. The summed E-state index contributed by atoms with van der Waals surface area (Å²) in [4.78, 5) is 0. The smallest absolute Gasteiger partial charge is 0.0594 e. The van der Waals surface area contributed by atoms with Crippen molar-refractivity contribution in [1.82, 2.24) is 0 Å². The summed E-state index contributed by atoms with van der Waals surface area (Å²) in [6.07, 6.45) is 6.62. The van der Waals surface area contributed by atoms with Gasteiger partial charge in [0.2, 0.25) is 0 Å². The van der Waals surface area contributed by atoms with E-state index in [9.17, 15) is 0 Å². The molecule has 12 heavy (non-hydrogen) atoms. The van der Waals surface area contributed by atoms with Crippen molar-refractivity contribution >= 4 is 0 Å². The van der Waals surface area contributed by atoms with Crippen LogP contribution in [0.25, 0.3) is 0 Å². The highest BCUT2D eigenvalue weighted by atomic mass is 16.5. The van der Waals surface area contributed by atoms with Gasteiger partial charge >= 0.3 is 0 Å². The lowest BCUT2D eigenvalue weighted by atomic mass is 10.2. The molecular weight excluding hydrogens is 150 g/mol. The zero-order valence-corrected chi connectivity index (χ0v) is 8.25. The van der Waals surface area contributed by atoms with Crippen LogP contribution in [0.15, 0.2) is 0 Å². The standard InChI is InChI=1S/C10H21NO/c1-3-4-8(2)12-10-6-5-9(11)7-10/h8-10H,3-7,11H2,1-2H3. The molecule has 2 heteroatoms.